The smallest absolute Gasteiger partial charge is 0.320 e. The van der Waals surface area contributed by atoms with Crippen molar-refractivity contribution >= 4 is 68.5 Å². The van der Waals surface area contributed by atoms with Gasteiger partial charge in [0, 0.05) is 11.4 Å². The standard InChI is InChI=1S/C26H34N4O8S3/c1-39-13-11-21(25(33)34)27-15-23(31)29-17-3-7-19(8-4-17)41(37,38)20-9-5-18(6-10-20)30-24(32)16-28-22(26(35)36)12-14-40-2/h3-10,21-22,27-28H,11-16H2,1-2H3,(H,29,31)(H,30,32)(H,33,34)(H,35,36)/t21-,22-/m1/s1. The maximum absolute atomic E-state index is 13.0. The summed E-state index contributed by atoms with van der Waals surface area (Å²) in [5.74, 6) is -1.77. The summed E-state index contributed by atoms with van der Waals surface area (Å²) in [5, 5.41) is 29.1. The van der Waals surface area contributed by atoms with E-state index in [0.29, 0.717) is 35.7 Å². The van der Waals surface area contributed by atoms with Crippen molar-refractivity contribution in [2.75, 3.05) is 47.7 Å². The molecule has 2 aromatic rings. The third kappa shape index (κ3) is 11.4. The minimum atomic E-state index is -3.89. The van der Waals surface area contributed by atoms with E-state index in [0.717, 1.165) is 0 Å². The van der Waals surface area contributed by atoms with Crippen LogP contribution in [0.4, 0.5) is 11.4 Å². The molecule has 15 heteroatoms. The van der Waals surface area contributed by atoms with E-state index in [1.165, 1.54) is 72.1 Å². The molecule has 0 aliphatic rings. The summed E-state index contributed by atoms with van der Waals surface area (Å²) in [5.41, 5.74) is 0.689. The van der Waals surface area contributed by atoms with Crippen LogP contribution < -0.4 is 21.3 Å². The highest BCUT2D eigenvalue weighted by atomic mass is 32.2. The van der Waals surface area contributed by atoms with Crippen LogP contribution in [0.15, 0.2) is 58.3 Å². The Morgan fingerprint density at radius 2 is 1.02 bits per heavy atom. The Balaban J connectivity index is 1.94. The lowest BCUT2D eigenvalue weighted by Crippen LogP contribution is -2.41. The predicted octanol–water partition coefficient (Wildman–Crippen LogP) is 1.99. The molecule has 12 nitrogen and oxygen atoms in total. The van der Waals surface area contributed by atoms with Crippen molar-refractivity contribution in [3.05, 3.63) is 48.5 Å². The van der Waals surface area contributed by atoms with E-state index >= 15 is 0 Å². The molecule has 0 aliphatic heterocycles. The molecule has 0 spiro atoms. The highest BCUT2D eigenvalue weighted by Crippen LogP contribution is 2.24. The van der Waals surface area contributed by atoms with Gasteiger partial charge in [-0.15, -0.1) is 0 Å². The Morgan fingerprint density at radius 1 is 0.683 bits per heavy atom. The number of nitrogens with one attached hydrogen (secondary N) is 4. The monoisotopic (exact) mass is 626 g/mol. The first kappa shape index (κ1) is 34.1. The highest BCUT2D eigenvalue weighted by molar-refractivity contribution is 7.98. The largest absolute Gasteiger partial charge is 0.480 e. The van der Waals surface area contributed by atoms with Crippen LogP contribution in [0.3, 0.4) is 0 Å². The van der Waals surface area contributed by atoms with E-state index in [-0.39, 0.29) is 22.9 Å². The molecule has 224 valence electrons. The van der Waals surface area contributed by atoms with Gasteiger partial charge in [0.2, 0.25) is 21.7 Å². The van der Waals surface area contributed by atoms with Gasteiger partial charge in [-0.2, -0.15) is 23.5 Å². The summed E-state index contributed by atoms with van der Waals surface area (Å²) >= 11 is 3.01. The van der Waals surface area contributed by atoms with E-state index in [1.54, 1.807) is 0 Å². The maximum atomic E-state index is 13.0. The number of sulfone groups is 1. The van der Waals surface area contributed by atoms with E-state index in [9.17, 15) is 37.8 Å². The molecule has 2 amide bonds. The molecule has 0 heterocycles. The van der Waals surface area contributed by atoms with Gasteiger partial charge in [0.05, 0.1) is 22.9 Å². The van der Waals surface area contributed by atoms with Crippen LogP contribution in [0.1, 0.15) is 12.8 Å². The predicted molar refractivity (Wildman–Crippen MR) is 160 cm³/mol. The molecule has 2 atom stereocenters. The lowest BCUT2D eigenvalue weighted by Gasteiger charge is -2.14. The maximum Gasteiger partial charge on any atom is 0.320 e. The molecular weight excluding hydrogens is 593 g/mol. The van der Waals surface area contributed by atoms with E-state index in [2.05, 4.69) is 21.3 Å². The Morgan fingerprint density at radius 3 is 1.32 bits per heavy atom. The molecule has 0 radical (unpaired) electrons. The van der Waals surface area contributed by atoms with Crippen LogP contribution in [0.25, 0.3) is 0 Å². The van der Waals surface area contributed by atoms with Crippen molar-refractivity contribution in [1.82, 2.24) is 10.6 Å². The zero-order valence-electron chi connectivity index (χ0n) is 22.6. The Bertz CT molecular complexity index is 1200. The number of rotatable bonds is 18. The van der Waals surface area contributed by atoms with E-state index in [4.69, 9.17) is 0 Å². The number of hydrogen-bond donors (Lipinski definition) is 6. The molecule has 41 heavy (non-hydrogen) atoms. The molecule has 0 bridgehead atoms. The van der Waals surface area contributed by atoms with Gasteiger partial charge in [0.1, 0.15) is 12.1 Å². The van der Waals surface area contributed by atoms with Gasteiger partial charge >= 0.3 is 11.9 Å². The zero-order chi connectivity index (χ0) is 30.4. The number of benzene rings is 2. The molecular formula is C26H34N4O8S3. The van der Waals surface area contributed by atoms with Gasteiger partial charge in [0.25, 0.3) is 0 Å². The van der Waals surface area contributed by atoms with Gasteiger partial charge in [-0.05, 0) is 85.4 Å². The normalized spacial score (nSPS) is 12.7. The average Bonchev–Trinajstić information content (AvgIpc) is 2.93. The topological polar surface area (TPSA) is 191 Å². The van der Waals surface area contributed by atoms with Crippen LogP contribution in [0, 0.1) is 0 Å². The number of thioether (sulfide) groups is 2. The second kappa shape index (κ2) is 17.0. The number of carbonyl (C=O) groups excluding carboxylic acids is 2. The first-order chi connectivity index (χ1) is 19.5. The lowest BCUT2D eigenvalue weighted by molar-refractivity contribution is -0.140. The third-order valence-corrected chi connectivity index (χ3v) is 8.81. The summed E-state index contributed by atoms with van der Waals surface area (Å²) in [6.07, 6.45) is 4.46. The van der Waals surface area contributed by atoms with E-state index < -0.39 is 45.7 Å². The van der Waals surface area contributed by atoms with E-state index in [1.807, 2.05) is 12.5 Å². The zero-order valence-corrected chi connectivity index (χ0v) is 25.0. The fraction of sp³-hybridized carbons (Fsp3) is 0.385. The first-order valence-electron chi connectivity index (χ1n) is 12.4. The molecule has 0 aliphatic carbocycles. The summed E-state index contributed by atoms with van der Waals surface area (Å²) in [6.45, 7) is -0.439. The number of aliphatic carboxylic acids is 2. The molecule has 2 rings (SSSR count). The Labute approximate surface area is 247 Å². The van der Waals surface area contributed by atoms with Crippen molar-refractivity contribution in [3.8, 4) is 0 Å². The molecule has 0 aromatic heterocycles. The highest BCUT2D eigenvalue weighted by Gasteiger charge is 2.20. The van der Waals surface area contributed by atoms with Gasteiger partial charge < -0.3 is 20.8 Å². The summed E-state index contributed by atoms with van der Waals surface area (Å²) in [6, 6.07) is 9.38. The minimum absolute atomic E-state index is 0.0115. The summed E-state index contributed by atoms with van der Waals surface area (Å²) in [4.78, 5) is 47.0. The molecule has 2 aromatic carbocycles. The van der Waals surface area contributed by atoms with Crippen LogP contribution >= 0.6 is 23.5 Å². The molecule has 6 N–H and O–H groups in total. The van der Waals surface area contributed by atoms with Gasteiger partial charge in [0.15, 0.2) is 0 Å². The van der Waals surface area contributed by atoms with Crippen LogP contribution in [0.2, 0.25) is 0 Å². The third-order valence-electron chi connectivity index (χ3n) is 5.73. The average molecular weight is 627 g/mol. The number of carboxylic acid groups (broad SMARTS) is 2. The minimum Gasteiger partial charge on any atom is -0.480 e. The van der Waals surface area contributed by atoms with Crippen LogP contribution in [-0.2, 0) is 29.0 Å². The van der Waals surface area contributed by atoms with Crippen LogP contribution in [0.5, 0.6) is 0 Å². The van der Waals surface area contributed by atoms with Gasteiger partial charge in [-0.3, -0.25) is 29.8 Å². The van der Waals surface area contributed by atoms with Crippen molar-refractivity contribution < 1.29 is 37.8 Å². The molecule has 0 saturated carbocycles. The summed E-state index contributed by atoms with van der Waals surface area (Å²) in [7, 11) is -3.89. The molecule has 0 unspecified atom stereocenters. The fourth-order valence-electron chi connectivity index (χ4n) is 3.51. The number of carbonyl (C=O) groups is 4. The van der Waals surface area contributed by atoms with Crippen LogP contribution in [-0.4, -0.2) is 91.6 Å². The Hall–Kier alpha value is -3.11. The first-order valence-corrected chi connectivity index (χ1v) is 16.7. The number of amides is 2. The van der Waals surface area contributed by atoms with Gasteiger partial charge in [-0.25, -0.2) is 8.42 Å². The van der Waals surface area contributed by atoms with Crippen molar-refractivity contribution in [2.45, 2.75) is 34.7 Å². The second-order valence-corrected chi connectivity index (χ2v) is 12.7. The fourth-order valence-corrected chi connectivity index (χ4v) is 5.71. The second-order valence-electron chi connectivity index (χ2n) is 8.75. The summed E-state index contributed by atoms with van der Waals surface area (Å²) < 4.78 is 26.1. The van der Waals surface area contributed by atoms with Gasteiger partial charge in [-0.1, -0.05) is 0 Å². The van der Waals surface area contributed by atoms with Crippen molar-refractivity contribution in [2.24, 2.45) is 0 Å². The molecule has 0 saturated heterocycles. The molecule has 0 fully saturated rings. The van der Waals surface area contributed by atoms with Crippen molar-refractivity contribution in [3.63, 3.8) is 0 Å². The Kier molecular flexibility index (Phi) is 14.1. The lowest BCUT2D eigenvalue weighted by atomic mass is 10.2. The van der Waals surface area contributed by atoms with Crippen molar-refractivity contribution in [1.29, 1.82) is 0 Å². The SMILES string of the molecule is CSCC[C@@H](NCC(=O)Nc1ccc(S(=O)(=O)c2ccc(NC(=O)CN[C@H](CCSC)C(=O)O)cc2)cc1)C(=O)O. The quantitative estimate of drug-likeness (QED) is 0.141. The number of anilines is 2. The number of carboxylic acids is 2. The number of hydrogen-bond acceptors (Lipinski definition) is 10.